The number of hydrogen-bond acceptors (Lipinski definition) is 15. The summed E-state index contributed by atoms with van der Waals surface area (Å²) < 4.78 is 47.5. The van der Waals surface area contributed by atoms with Crippen molar-refractivity contribution in [1.82, 2.24) is 15.1 Å². The first-order valence-electron chi connectivity index (χ1n) is 17.8. The molecule has 2 aromatic carbocycles. The topological polar surface area (TPSA) is 167 Å². The van der Waals surface area contributed by atoms with Crippen molar-refractivity contribution in [3.8, 4) is 34.8 Å². The van der Waals surface area contributed by atoms with Gasteiger partial charge in [0.2, 0.25) is 6.79 Å². The molecule has 5 aliphatic rings. The van der Waals surface area contributed by atoms with Crippen LogP contribution >= 0.6 is 11.8 Å². The molecule has 0 spiro atoms. The molecule has 1 amide bonds. The Balaban J connectivity index is 1.49. The fraction of sp³-hybridized carbons (Fsp3) is 0.579. The summed E-state index contributed by atoms with van der Waals surface area (Å²) in [5.41, 5.74) is 3.86. The highest BCUT2D eigenvalue weighted by Gasteiger charge is 2.61. The van der Waals surface area contributed by atoms with E-state index >= 15 is 0 Å². The lowest BCUT2D eigenvalue weighted by Gasteiger charge is -2.61. The number of fused-ring (bicyclic) bond motifs is 9. The predicted octanol–water partition coefficient (Wildman–Crippen LogP) is 4.40. The highest BCUT2D eigenvalue weighted by molar-refractivity contribution is 7.99. The third-order valence-electron chi connectivity index (χ3n) is 10.7. The Morgan fingerprint density at radius 3 is 2.48 bits per heavy atom. The molecule has 5 aliphatic heterocycles. The van der Waals surface area contributed by atoms with Gasteiger partial charge in [0.25, 0.3) is 0 Å². The number of ether oxygens (including phenoxy) is 8. The van der Waals surface area contributed by atoms with Crippen LogP contribution in [0.5, 0.6) is 28.7 Å². The molecular weight excluding hydrogens is 721 g/mol. The number of alkyl carbamates (subject to hydrolysis) is 1. The van der Waals surface area contributed by atoms with Gasteiger partial charge in [-0.25, -0.2) is 9.59 Å². The lowest BCUT2D eigenvalue weighted by atomic mass is 9.71. The molecule has 2 aromatic rings. The van der Waals surface area contributed by atoms with Crippen LogP contribution in [0, 0.1) is 25.2 Å². The van der Waals surface area contributed by atoms with E-state index in [1.807, 2.05) is 20.9 Å². The Hall–Kier alpha value is -4.43. The Kier molecular flexibility index (Phi) is 10.1. The van der Waals surface area contributed by atoms with Crippen LogP contribution in [-0.2, 0) is 30.2 Å². The first kappa shape index (κ1) is 37.9. The SMILES string of the molecule is COCOc1c(OC)c(C)cc2c1[C@@H]1C3[C@@H]4SC[C@@H](NC(=O)OC(C)(C)C)C(=O)OC[C@@H](c5c6c(c(C)c(OC(C)=O)c54)OCO6)N3[C@@H](C#N)[C@H](C2)N1C. The maximum Gasteiger partial charge on any atom is 0.408 e. The van der Waals surface area contributed by atoms with E-state index in [1.54, 1.807) is 35.0 Å². The summed E-state index contributed by atoms with van der Waals surface area (Å²) in [6.07, 6.45) is -0.232. The number of cyclic esters (lactones) is 1. The first-order valence-corrected chi connectivity index (χ1v) is 18.9. The summed E-state index contributed by atoms with van der Waals surface area (Å²) in [5.74, 6) is 1.18. The molecule has 2 fully saturated rings. The quantitative estimate of drug-likeness (QED) is 0.249. The number of hydrogen-bond donors (Lipinski definition) is 1. The van der Waals surface area contributed by atoms with Crippen LogP contribution in [-0.4, -0.2) is 105 Å². The van der Waals surface area contributed by atoms with Gasteiger partial charge in [-0.3, -0.25) is 14.6 Å². The third kappa shape index (κ3) is 6.24. The van der Waals surface area contributed by atoms with Gasteiger partial charge in [0, 0.05) is 54.1 Å². The molecule has 7 atom stereocenters. The smallest absolute Gasteiger partial charge is 0.408 e. The second-order valence-electron chi connectivity index (χ2n) is 15.1. The van der Waals surface area contributed by atoms with Crippen LogP contribution in [0.15, 0.2) is 6.07 Å². The monoisotopic (exact) mass is 766 g/mol. The number of amides is 1. The lowest BCUT2D eigenvalue weighted by molar-refractivity contribution is -0.151. The number of carbonyl (C=O) groups is 3. The number of likely N-dealkylation sites (N-methyl/N-ethyl adjacent to an activating group) is 1. The van der Waals surface area contributed by atoms with Crippen LogP contribution in [0.25, 0.3) is 0 Å². The second kappa shape index (κ2) is 14.3. The van der Waals surface area contributed by atoms with E-state index in [4.69, 9.17) is 37.9 Å². The largest absolute Gasteiger partial charge is 0.493 e. The Labute approximate surface area is 318 Å². The van der Waals surface area contributed by atoms with Crippen molar-refractivity contribution in [3.05, 3.63) is 39.4 Å². The summed E-state index contributed by atoms with van der Waals surface area (Å²) in [5, 5.41) is 13.2. The number of nitriles is 1. The maximum atomic E-state index is 13.8. The molecule has 1 unspecified atom stereocenters. The molecule has 0 aliphatic carbocycles. The zero-order chi connectivity index (χ0) is 38.8. The average Bonchev–Trinajstić information content (AvgIpc) is 3.59. The van der Waals surface area contributed by atoms with E-state index < -0.39 is 59.1 Å². The lowest BCUT2D eigenvalue weighted by Crippen LogP contribution is -2.69. The number of aryl methyl sites for hydroxylation is 1. The summed E-state index contributed by atoms with van der Waals surface area (Å²) in [4.78, 5) is 44.1. The molecule has 0 saturated carbocycles. The molecule has 4 bridgehead atoms. The molecule has 7 rings (SSSR count). The third-order valence-corrected chi connectivity index (χ3v) is 12.1. The van der Waals surface area contributed by atoms with Crippen molar-refractivity contribution in [2.24, 2.45) is 0 Å². The first-order chi connectivity index (χ1) is 25.7. The minimum atomic E-state index is -1.09. The molecule has 0 radical (unpaired) electrons. The number of nitrogens with zero attached hydrogens (tertiary/aromatic N) is 3. The number of piperazine rings is 1. The molecule has 54 heavy (non-hydrogen) atoms. The Morgan fingerprint density at radius 1 is 1.07 bits per heavy atom. The van der Waals surface area contributed by atoms with E-state index in [0.29, 0.717) is 51.9 Å². The summed E-state index contributed by atoms with van der Waals surface area (Å²) in [7, 11) is 5.16. The zero-order valence-corrected chi connectivity index (χ0v) is 32.7. The number of nitrogens with one attached hydrogen (secondary N) is 1. The van der Waals surface area contributed by atoms with Crippen molar-refractivity contribution in [1.29, 1.82) is 5.26 Å². The second-order valence-corrected chi connectivity index (χ2v) is 16.3. The molecule has 15 nitrogen and oxygen atoms in total. The van der Waals surface area contributed by atoms with Crippen molar-refractivity contribution in [2.75, 3.05) is 47.2 Å². The van der Waals surface area contributed by atoms with Gasteiger partial charge in [-0.2, -0.15) is 5.26 Å². The average molecular weight is 767 g/mol. The van der Waals surface area contributed by atoms with E-state index in [1.165, 1.54) is 18.7 Å². The van der Waals surface area contributed by atoms with Gasteiger partial charge in [-0.05, 0) is 59.2 Å². The van der Waals surface area contributed by atoms with Crippen LogP contribution in [0.4, 0.5) is 4.79 Å². The number of carbonyl (C=O) groups excluding carboxylic acids is 3. The molecular formula is C38H46N4O11S. The summed E-state index contributed by atoms with van der Waals surface area (Å²) >= 11 is 1.39. The van der Waals surface area contributed by atoms with E-state index in [9.17, 15) is 19.6 Å². The van der Waals surface area contributed by atoms with Crippen LogP contribution < -0.4 is 29.0 Å². The zero-order valence-electron chi connectivity index (χ0n) is 31.9. The van der Waals surface area contributed by atoms with Gasteiger partial charge in [0.1, 0.15) is 30.0 Å². The normalized spacial score (nSPS) is 27.0. The molecule has 2 saturated heterocycles. The van der Waals surface area contributed by atoms with Crippen LogP contribution in [0.3, 0.4) is 0 Å². The maximum absolute atomic E-state index is 13.8. The van der Waals surface area contributed by atoms with Gasteiger partial charge >= 0.3 is 18.0 Å². The number of thioether (sulfide) groups is 1. The molecule has 16 heteroatoms. The van der Waals surface area contributed by atoms with Gasteiger partial charge in [-0.15, -0.1) is 11.8 Å². The molecule has 5 heterocycles. The predicted molar refractivity (Wildman–Crippen MR) is 194 cm³/mol. The van der Waals surface area contributed by atoms with Crippen molar-refractivity contribution >= 4 is 29.8 Å². The molecule has 1 N–H and O–H groups in total. The minimum absolute atomic E-state index is 0.0296. The van der Waals surface area contributed by atoms with Crippen molar-refractivity contribution < 1.29 is 52.3 Å². The molecule has 290 valence electrons. The number of rotatable bonds is 6. The van der Waals surface area contributed by atoms with Crippen LogP contribution in [0.2, 0.25) is 0 Å². The Morgan fingerprint density at radius 2 is 1.81 bits per heavy atom. The molecule has 0 aromatic heterocycles. The number of methoxy groups -OCH3 is 2. The van der Waals surface area contributed by atoms with E-state index in [0.717, 1.165) is 16.7 Å². The van der Waals surface area contributed by atoms with Crippen LogP contribution in [0.1, 0.15) is 78.4 Å². The van der Waals surface area contributed by atoms with Gasteiger partial charge in [0.15, 0.2) is 29.8 Å². The van der Waals surface area contributed by atoms with Gasteiger partial charge < -0.3 is 43.2 Å². The highest BCUT2D eigenvalue weighted by atomic mass is 32.2. The Bertz CT molecular complexity index is 1930. The number of esters is 2. The highest BCUT2D eigenvalue weighted by Crippen LogP contribution is 2.64. The van der Waals surface area contributed by atoms with Crippen molar-refractivity contribution in [2.45, 2.75) is 95.1 Å². The van der Waals surface area contributed by atoms with E-state index in [-0.39, 0.29) is 32.0 Å². The van der Waals surface area contributed by atoms with E-state index in [2.05, 4.69) is 27.3 Å². The van der Waals surface area contributed by atoms with Gasteiger partial charge in [-0.1, -0.05) is 6.07 Å². The standard InChI is InChI=1S/C38H46N4O11S/c1-17-10-20-11-22-23(12-39)42-24-13-48-36(44)21(40-37(45)53-38(4,5)6)14-54-35(27-26(24)34-32(50-16-51-34)18(2)31(27)52-19(3)43)29(42)28(41(22)7)25(20)33(30(17)47-9)49-15-46-8/h10,21-24,28-29,35H,11,13-16H2,1-9H3,(H,40,45)/t21-,22+,23+,24+,28-,29?,35-/m1/s1. The minimum Gasteiger partial charge on any atom is -0.493 e. The fourth-order valence-corrected chi connectivity index (χ4v) is 10.3. The summed E-state index contributed by atoms with van der Waals surface area (Å²) in [6, 6.07) is 1.01. The number of benzene rings is 2. The van der Waals surface area contributed by atoms with Gasteiger partial charge in [0.05, 0.1) is 30.5 Å². The fourth-order valence-electron chi connectivity index (χ4n) is 8.76. The van der Waals surface area contributed by atoms with Crippen molar-refractivity contribution in [3.63, 3.8) is 0 Å². The summed E-state index contributed by atoms with van der Waals surface area (Å²) in [6.45, 7) is 10.0.